The molecular weight excluding hydrogens is 280 g/mol. The molecule has 0 aromatic heterocycles. The lowest BCUT2D eigenvalue weighted by Crippen LogP contribution is -2.26. The molecule has 0 bridgehead atoms. The zero-order valence-electron chi connectivity index (χ0n) is 12.0. The first-order valence-electron chi connectivity index (χ1n) is 6.17. The zero-order chi connectivity index (χ0) is 16.2. The molecule has 0 aliphatic rings. The number of rotatable bonds is 6. The van der Waals surface area contributed by atoms with E-state index in [4.69, 9.17) is 4.74 Å². The lowest BCUT2D eigenvalue weighted by Gasteiger charge is -2.19. The topological polar surface area (TPSA) is 113 Å². The Labute approximate surface area is 121 Å². The molecule has 0 spiro atoms. The minimum atomic E-state index is -1.41. The number of carbonyl (C=O) groups is 2. The fourth-order valence-electron chi connectivity index (χ4n) is 1.95. The van der Waals surface area contributed by atoms with Crippen molar-refractivity contribution in [3.05, 3.63) is 23.3 Å². The van der Waals surface area contributed by atoms with Crippen molar-refractivity contribution in [1.82, 2.24) is 0 Å². The molecule has 2 atom stereocenters. The van der Waals surface area contributed by atoms with Crippen molar-refractivity contribution in [2.24, 2.45) is 0 Å². The molecule has 3 N–H and O–H groups in total. The minimum absolute atomic E-state index is 0.0334. The molecule has 7 heteroatoms. The van der Waals surface area contributed by atoms with Crippen molar-refractivity contribution < 1.29 is 34.4 Å². The highest BCUT2D eigenvalue weighted by atomic mass is 16.6. The quantitative estimate of drug-likeness (QED) is 0.528. The van der Waals surface area contributed by atoms with Crippen molar-refractivity contribution >= 4 is 11.8 Å². The fraction of sp³-hybridized carbons (Fsp3) is 0.429. The van der Waals surface area contributed by atoms with E-state index in [0.29, 0.717) is 0 Å². The number of hydrogen-bond acceptors (Lipinski definition) is 7. The van der Waals surface area contributed by atoms with Crippen LogP contribution in [0.3, 0.4) is 0 Å². The summed E-state index contributed by atoms with van der Waals surface area (Å²) < 4.78 is 9.40. The number of phenolic OH excluding ortho intramolecular Hbond substituents is 2. The second-order valence-electron chi connectivity index (χ2n) is 4.45. The van der Waals surface area contributed by atoms with Crippen LogP contribution in [0.25, 0.3) is 0 Å². The van der Waals surface area contributed by atoms with Crippen molar-refractivity contribution in [1.29, 1.82) is 0 Å². The molecular formula is C14H18O7. The highest BCUT2D eigenvalue weighted by molar-refractivity contribution is 5.97. The summed E-state index contributed by atoms with van der Waals surface area (Å²) in [7, 11) is 2.44. The van der Waals surface area contributed by atoms with Crippen LogP contribution in [-0.2, 0) is 14.3 Å². The summed E-state index contributed by atoms with van der Waals surface area (Å²) in [6, 6.07) is 2.44. The molecule has 0 fully saturated rings. The van der Waals surface area contributed by atoms with E-state index < -0.39 is 29.7 Å². The summed E-state index contributed by atoms with van der Waals surface area (Å²) in [5.74, 6) is -2.02. The fourth-order valence-corrected chi connectivity index (χ4v) is 1.95. The van der Waals surface area contributed by atoms with E-state index in [1.165, 1.54) is 33.3 Å². The van der Waals surface area contributed by atoms with Gasteiger partial charge in [-0.25, -0.2) is 4.79 Å². The molecule has 1 aromatic carbocycles. The first kappa shape index (κ1) is 16.9. The highest BCUT2D eigenvalue weighted by Gasteiger charge is 2.28. The van der Waals surface area contributed by atoms with Crippen molar-refractivity contribution in [3.63, 3.8) is 0 Å². The summed E-state index contributed by atoms with van der Waals surface area (Å²) in [4.78, 5) is 22.8. The molecule has 0 aliphatic carbocycles. The van der Waals surface area contributed by atoms with Crippen LogP contribution in [0.15, 0.2) is 12.1 Å². The van der Waals surface area contributed by atoms with Crippen LogP contribution in [0.1, 0.15) is 35.4 Å². The summed E-state index contributed by atoms with van der Waals surface area (Å²) in [6.45, 7) is 1.24. The number of aromatic hydroxyl groups is 2. The number of aliphatic hydroxyl groups excluding tert-OH is 1. The third-order valence-corrected chi connectivity index (χ3v) is 3.09. The Balaban J connectivity index is 3.12. The van der Waals surface area contributed by atoms with E-state index in [9.17, 15) is 24.9 Å². The maximum Gasteiger partial charge on any atom is 0.335 e. The Kier molecular flexibility index (Phi) is 5.69. The van der Waals surface area contributed by atoms with Crippen LogP contribution in [-0.4, -0.2) is 47.4 Å². The third-order valence-electron chi connectivity index (χ3n) is 3.09. The lowest BCUT2D eigenvalue weighted by atomic mass is 9.97. The average molecular weight is 298 g/mol. The molecule has 0 amide bonds. The number of hydrogen-bond donors (Lipinski definition) is 3. The van der Waals surface area contributed by atoms with Crippen LogP contribution in [0.4, 0.5) is 0 Å². The largest absolute Gasteiger partial charge is 0.507 e. The maximum absolute atomic E-state index is 11.4. The first-order chi connectivity index (χ1) is 9.83. The lowest BCUT2D eigenvalue weighted by molar-refractivity contribution is -0.154. The second-order valence-corrected chi connectivity index (χ2v) is 4.45. The number of phenols is 2. The molecule has 0 radical (unpaired) electrons. The minimum Gasteiger partial charge on any atom is -0.507 e. The van der Waals surface area contributed by atoms with Gasteiger partial charge in [0.1, 0.15) is 11.5 Å². The monoisotopic (exact) mass is 298 g/mol. The van der Waals surface area contributed by atoms with E-state index >= 15 is 0 Å². The molecule has 0 heterocycles. The van der Waals surface area contributed by atoms with Gasteiger partial charge in [-0.15, -0.1) is 0 Å². The van der Waals surface area contributed by atoms with Gasteiger partial charge in [-0.1, -0.05) is 0 Å². The van der Waals surface area contributed by atoms with Gasteiger partial charge in [0.05, 0.1) is 24.3 Å². The van der Waals surface area contributed by atoms with Gasteiger partial charge in [-0.2, -0.15) is 0 Å². The van der Waals surface area contributed by atoms with Crippen molar-refractivity contribution in [2.75, 3.05) is 14.2 Å². The molecule has 2 unspecified atom stereocenters. The normalized spacial score (nSPS) is 13.5. The Morgan fingerprint density at radius 2 is 1.86 bits per heavy atom. The van der Waals surface area contributed by atoms with E-state index in [1.807, 2.05) is 0 Å². The predicted octanol–water partition coefficient (Wildman–Crippen LogP) is 0.912. The van der Waals surface area contributed by atoms with Gasteiger partial charge in [0.25, 0.3) is 0 Å². The smallest absolute Gasteiger partial charge is 0.335 e. The number of methoxy groups -OCH3 is 2. The Morgan fingerprint density at radius 3 is 2.33 bits per heavy atom. The van der Waals surface area contributed by atoms with Crippen LogP contribution >= 0.6 is 0 Å². The standard InChI is InChI=1S/C14H18O7/c1-7(15)8-4-5-9(16)12(13(8)18)10(17)6-11(20-2)14(19)21-3/h4-5,10-11,16-18H,6H2,1-3H3. The van der Waals surface area contributed by atoms with Gasteiger partial charge >= 0.3 is 5.97 Å². The third kappa shape index (κ3) is 3.71. The number of ketones is 1. The Morgan fingerprint density at radius 1 is 1.24 bits per heavy atom. The Hall–Kier alpha value is -2.12. The van der Waals surface area contributed by atoms with E-state index in [0.717, 1.165) is 0 Å². The van der Waals surface area contributed by atoms with Crippen LogP contribution in [0.2, 0.25) is 0 Å². The van der Waals surface area contributed by atoms with Crippen molar-refractivity contribution in [2.45, 2.75) is 25.6 Å². The number of benzene rings is 1. The molecule has 116 valence electrons. The van der Waals surface area contributed by atoms with Gasteiger partial charge in [-0.3, -0.25) is 4.79 Å². The van der Waals surface area contributed by atoms with E-state index in [-0.39, 0.29) is 23.3 Å². The number of aliphatic hydroxyl groups is 1. The average Bonchev–Trinajstić information content (AvgIpc) is 2.43. The van der Waals surface area contributed by atoms with Gasteiger partial charge in [-0.05, 0) is 19.1 Å². The number of esters is 1. The van der Waals surface area contributed by atoms with Crippen molar-refractivity contribution in [3.8, 4) is 11.5 Å². The van der Waals surface area contributed by atoms with Gasteiger partial charge < -0.3 is 24.8 Å². The first-order valence-corrected chi connectivity index (χ1v) is 6.17. The van der Waals surface area contributed by atoms with Crippen LogP contribution < -0.4 is 0 Å². The molecule has 21 heavy (non-hydrogen) atoms. The van der Waals surface area contributed by atoms with Crippen LogP contribution in [0.5, 0.6) is 11.5 Å². The number of carbonyl (C=O) groups excluding carboxylic acids is 2. The number of ether oxygens (including phenoxy) is 2. The molecule has 1 aromatic rings. The maximum atomic E-state index is 11.4. The van der Waals surface area contributed by atoms with E-state index in [1.54, 1.807) is 0 Å². The molecule has 0 saturated heterocycles. The molecule has 7 nitrogen and oxygen atoms in total. The number of Topliss-reactive ketones (excluding diaryl/α,β-unsaturated/α-hetero) is 1. The Bertz CT molecular complexity index is 538. The summed E-state index contributed by atoms with van der Waals surface area (Å²) >= 11 is 0. The molecule has 0 aliphatic heterocycles. The summed E-state index contributed by atoms with van der Waals surface area (Å²) in [5.41, 5.74) is -0.262. The predicted molar refractivity (Wildman–Crippen MR) is 72.2 cm³/mol. The van der Waals surface area contributed by atoms with E-state index in [2.05, 4.69) is 4.74 Å². The molecule has 0 saturated carbocycles. The zero-order valence-corrected chi connectivity index (χ0v) is 12.0. The summed E-state index contributed by atoms with van der Waals surface area (Å²) in [5, 5.41) is 29.9. The van der Waals surface area contributed by atoms with Gasteiger partial charge in [0, 0.05) is 13.5 Å². The summed E-state index contributed by atoms with van der Waals surface area (Å²) in [6.07, 6.45) is -2.72. The second kappa shape index (κ2) is 7.05. The molecule has 1 rings (SSSR count). The SMILES string of the molecule is COC(=O)C(CC(O)c1c(O)ccc(C(C)=O)c1O)OC. The van der Waals surface area contributed by atoms with Gasteiger partial charge in [0.2, 0.25) is 0 Å². The van der Waals surface area contributed by atoms with Gasteiger partial charge in [0.15, 0.2) is 11.9 Å². The highest BCUT2D eigenvalue weighted by Crippen LogP contribution is 2.37. The van der Waals surface area contributed by atoms with Crippen LogP contribution in [0, 0.1) is 0 Å².